The predicted octanol–water partition coefficient (Wildman–Crippen LogP) is 2.65. The zero-order valence-electron chi connectivity index (χ0n) is 15.0. The first kappa shape index (κ1) is 18.3. The Kier molecular flexibility index (Phi) is 5.89. The summed E-state index contributed by atoms with van der Waals surface area (Å²) >= 11 is 0. The van der Waals surface area contributed by atoms with Crippen LogP contribution >= 0.6 is 0 Å². The molecule has 27 heavy (non-hydrogen) atoms. The Balaban J connectivity index is 1.61. The molecule has 3 rings (SSSR count). The van der Waals surface area contributed by atoms with Crippen LogP contribution in [0.5, 0.6) is 0 Å². The highest BCUT2D eigenvalue weighted by Gasteiger charge is 2.11. The van der Waals surface area contributed by atoms with Gasteiger partial charge in [-0.1, -0.05) is 30.3 Å². The zero-order chi connectivity index (χ0) is 19.1. The number of rotatable bonds is 6. The van der Waals surface area contributed by atoms with Crippen molar-refractivity contribution in [2.75, 3.05) is 0 Å². The summed E-state index contributed by atoms with van der Waals surface area (Å²) in [4.78, 5) is 32.9. The predicted molar refractivity (Wildman–Crippen MR) is 102 cm³/mol. The molecule has 0 fully saturated rings. The molecule has 6 heteroatoms. The Labute approximate surface area is 157 Å². The standard InChI is InChI=1S/C21H20N4O2/c1-15-6-2-3-7-16(15)13-24-20(26)17-10-18(12-22-11-17)21(27)25-14-19-8-4-5-9-23-19/h2-12H,13-14H2,1H3,(H,24,26)(H,25,27). The second kappa shape index (κ2) is 8.71. The van der Waals surface area contributed by atoms with Gasteiger partial charge >= 0.3 is 0 Å². The van der Waals surface area contributed by atoms with E-state index in [9.17, 15) is 9.59 Å². The molecule has 6 nitrogen and oxygen atoms in total. The summed E-state index contributed by atoms with van der Waals surface area (Å²) in [6.45, 7) is 2.72. The fraction of sp³-hybridized carbons (Fsp3) is 0.143. The number of aryl methyl sites for hydroxylation is 1. The summed E-state index contributed by atoms with van der Waals surface area (Å²) < 4.78 is 0. The fourth-order valence-electron chi connectivity index (χ4n) is 2.55. The minimum Gasteiger partial charge on any atom is -0.348 e. The number of carbonyl (C=O) groups excluding carboxylic acids is 2. The minimum atomic E-state index is -0.304. The van der Waals surface area contributed by atoms with Crippen molar-refractivity contribution < 1.29 is 9.59 Å². The number of hydrogen-bond acceptors (Lipinski definition) is 4. The molecule has 136 valence electrons. The van der Waals surface area contributed by atoms with E-state index in [1.54, 1.807) is 6.20 Å². The van der Waals surface area contributed by atoms with Crippen LogP contribution in [0.2, 0.25) is 0 Å². The average Bonchev–Trinajstić information content (AvgIpc) is 2.72. The second-order valence-electron chi connectivity index (χ2n) is 6.08. The molecule has 2 N–H and O–H groups in total. The van der Waals surface area contributed by atoms with Crippen LogP contribution in [0.1, 0.15) is 37.5 Å². The van der Waals surface area contributed by atoms with Gasteiger partial charge in [0.1, 0.15) is 0 Å². The van der Waals surface area contributed by atoms with Crippen molar-refractivity contribution in [2.45, 2.75) is 20.0 Å². The molecule has 2 heterocycles. The van der Waals surface area contributed by atoms with E-state index in [4.69, 9.17) is 0 Å². The topological polar surface area (TPSA) is 84.0 Å². The van der Waals surface area contributed by atoms with Crippen LogP contribution in [0.15, 0.2) is 67.1 Å². The summed E-state index contributed by atoms with van der Waals surface area (Å²) in [6.07, 6.45) is 4.55. The maximum absolute atomic E-state index is 12.4. The van der Waals surface area contributed by atoms with Gasteiger partial charge in [0.2, 0.25) is 0 Å². The Morgan fingerprint density at radius 3 is 2.22 bits per heavy atom. The first-order valence-electron chi connectivity index (χ1n) is 8.59. The van der Waals surface area contributed by atoms with E-state index < -0.39 is 0 Å². The van der Waals surface area contributed by atoms with E-state index in [1.165, 1.54) is 18.5 Å². The van der Waals surface area contributed by atoms with E-state index in [0.29, 0.717) is 24.2 Å². The number of pyridine rings is 2. The Morgan fingerprint density at radius 1 is 0.889 bits per heavy atom. The highest BCUT2D eigenvalue weighted by Crippen LogP contribution is 2.08. The van der Waals surface area contributed by atoms with Gasteiger partial charge in [0.25, 0.3) is 11.8 Å². The average molecular weight is 360 g/mol. The molecule has 2 aromatic heterocycles. The summed E-state index contributed by atoms with van der Waals surface area (Å²) in [6, 6.07) is 14.9. The minimum absolute atomic E-state index is 0.273. The SMILES string of the molecule is Cc1ccccc1CNC(=O)c1cncc(C(=O)NCc2ccccn2)c1. The molecule has 0 unspecified atom stereocenters. The van der Waals surface area contributed by atoms with Crippen LogP contribution in [-0.2, 0) is 13.1 Å². The molecule has 0 aliphatic carbocycles. The molecule has 0 spiro atoms. The van der Waals surface area contributed by atoms with Crippen LogP contribution in [0.4, 0.5) is 0 Å². The van der Waals surface area contributed by atoms with Crippen LogP contribution in [-0.4, -0.2) is 21.8 Å². The number of benzene rings is 1. The monoisotopic (exact) mass is 360 g/mol. The third-order valence-corrected chi connectivity index (χ3v) is 4.12. The van der Waals surface area contributed by atoms with Gasteiger partial charge in [0.05, 0.1) is 23.4 Å². The highest BCUT2D eigenvalue weighted by molar-refractivity contribution is 5.99. The number of nitrogens with one attached hydrogen (secondary N) is 2. The smallest absolute Gasteiger partial charge is 0.253 e. The van der Waals surface area contributed by atoms with E-state index in [2.05, 4.69) is 20.6 Å². The normalized spacial score (nSPS) is 10.3. The summed E-state index contributed by atoms with van der Waals surface area (Å²) in [5.41, 5.74) is 3.58. The Morgan fingerprint density at radius 2 is 1.56 bits per heavy atom. The molecule has 0 saturated heterocycles. The maximum Gasteiger partial charge on any atom is 0.253 e. The highest BCUT2D eigenvalue weighted by atomic mass is 16.2. The van der Waals surface area contributed by atoms with Gasteiger partial charge in [0, 0.05) is 25.1 Å². The molecule has 3 aromatic rings. The van der Waals surface area contributed by atoms with Gasteiger partial charge < -0.3 is 10.6 Å². The molecule has 1 aromatic carbocycles. The van der Waals surface area contributed by atoms with E-state index in [0.717, 1.165) is 16.8 Å². The van der Waals surface area contributed by atoms with Gasteiger partial charge in [-0.25, -0.2) is 0 Å². The van der Waals surface area contributed by atoms with Gasteiger partial charge in [-0.05, 0) is 36.2 Å². The quantitative estimate of drug-likeness (QED) is 0.708. The van der Waals surface area contributed by atoms with Gasteiger partial charge in [-0.15, -0.1) is 0 Å². The fourth-order valence-corrected chi connectivity index (χ4v) is 2.55. The van der Waals surface area contributed by atoms with Gasteiger partial charge in [-0.2, -0.15) is 0 Å². The van der Waals surface area contributed by atoms with Crippen molar-refractivity contribution in [2.24, 2.45) is 0 Å². The lowest BCUT2D eigenvalue weighted by atomic mass is 10.1. The Bertz CT molecular complexity index is 942. The second-order valence-corrected chi connectivity index (χ2v) is 6.08. The van der Waals surface area contributed by atoms with E-state index in [-0.39, 0.29) is 11.8 Å². The molecular weight excluding hydrogens is 340 g/mol. The molecule has 0 aliphatic heterocycles. The molecular formula is C21H20N4O2. The lowest BCUT2D eigenvalue weighted by Crippen LogP contribution is -2.26. The van der Waals surface area contributed by atoms with Gasteiger partial charge in [0.15, 0.2) is 0 Å². The van der Waals surface area contributed by atoms with E-state index >= 15 is 0 Å². The zero-order valence-corrected chi connectivity index (χ0v) is 15.0. The molecule has 0 aliphatic rings. The van der Waals surface area contributed by atoms with Crippen molar-refractivity contribution >= 4 is 11.8 Å². The Hall–Kier alpha value is -3.54. The summed E-state index contributed by atoms with van der Waals surface area (Å²) in [5.74, 6) is -0.577. The van der Waals surface area contributed by atoms with Crippen LogP contribution in [0, 0.1) is 6.92 Å². The number of nitrogens with zero attached hydrogens (tertiary/aromatic N) is 2. The van der Waals surface area contributed by atoms with Crippen LogP contribution < -0.4 is 10.6 Å². The van der Waals surface area contributed by atoms with Crippen molar-refractivity contribution in [3.63, 3.8) is 0 Å². The number of hydrogen-bond donors (Lipinski definition) is 2. The third-order valence-electron chi connectivity index (χ3n) is 4.12. The van der Waals surface area contributed by atoms with Crippen LogP contribution in [0.3, 0.4) is 0 Å². The van der Waals surface area contributed by atoms with Crippen molar-refractivity contribution in [3.8, 4) is 0 Å². The number of aromatic nitrogens is 2. The number of carbonyl (C=O) groups is 2. The molecule has 0 bridgehead atoms. The molecule has 0 radical (unpaired) electrons. The summed E-state index contributed by atoms with van der Waals surface area (Å²) in [7, 11) is 0. The number of amides is 2. The van der Waals surface area contributed by atoms with Crippen molar-refractivity contribution in [1.29, 1.82) is 0 Å². The van der Waals surface area contributed by atoms with Crippen molar-refractivity contribution in [3.05, 3.63) is 95.1 Å². The third kappa shape index (κ3) is 4.98. The summed E-state index contributed by atoms with van der Waals surface area (Å²) in [5, 5.41) is 5.63. The first-order valence-corrected chi connectivity index (χ1v) is 8.59. The van der Waals surface area contributed by atoms with E-state index in [1.807, 2.05) is 49.4 Å². The van der Waals surface area contributed by atoms with Gasteiger partial charge in [-0.3, -0.25) is 19.6 Å². The first-order chi connectivity index (χ1) is 13.1. The molecule has 0 atom stereocenters. The van der Waals surface area contributed by atoms with Crippen molar-refractivity contribution in [1.82, 2.24) is 20.6 Å². The lowest BCUT2D eigenvalue weighted by Gasteiger charge is -2.09. The largest absolute Gasteiger partial charge is 0.348 e. The lowest BCUT2D eigenvalue weighted by molar-refractivity contribution is 0.0950. The molecule has 2 amide bonds. The molecule has 0 saturated carbocycles. The maximum atomic E-state index is 12.4. The van der Waals surface area contributed by atoms with Crippen LogP contribution in [0.25, 0.3) is 0 Å².